The van der Waals surface area contributed by atoms with E-state index in [0.717, 1.165) is 17.9 Å². The van der Waals surface area contributed by atoms with Crippen molar-refractivity contribution in [3.63, 3.8) is 0 Å². The molecule has 19 heavy (non-hydrogen) atoms. The highest BCUT2D eigenvalue weighted by atomic mass is 15.2. The summed E-state index contributed by atoms with van der Waals surface area (Å²) in [6.45, 7) is 7.57. The van der Waals surface area contributed by atoms with Crippen LogP contribution in [0.1, 0.15) is 46.0 Å². The van der Waals surface area contributed by atoms with E-state index in [9.17, 15) is 0 Å². The van der Waals surface area contributed by atoms with Crippen molar-refractivity contribution in [2.45, 2.75) is 52.0 Å². The van der Waals surface area contributed by atoms with Crippen LogP contribution < -0.4 is 0 Å². The highest BCUT2D eigenvalue weighted by Crippen LogP contribution is 2.29. The zero-order valence-corrected chi connectivity index (χ0v) is 12.6. The average molecular weight is 259 g/mol. The number of benzene rings is 1. The fourth-order valence-electron chi connectivity index (χ4n) is 3.28. The first kappa shape index (κ1) is 14.6. The quantitative estimate of drug-likeness (QED) is 0.713. The molecule has 2 fully saturated rings. The molecule has 2 unspecified atom stereocenters. The molecule has 0 N–H and O–H groups in total. The predicted molar refractivity (Wildman–Crippen MR) is 83.2 cm³/mol. The molecule has 0 amide bonds. The lowest BCUT2D eigenvalue weighted by atomic mass is 9.88. The Morgan fingerprint density at radius 3 is 1.74 bits per heavy atom. The molecule has 106 valence electrons. The van der Waals surface area contributed by atoms with E-state index in [1.54, 1.807) is 0 Å². The molecule has 1 aliphatic heterocycles. The minimum Gasteiger partial charge on any atom is -0.300 e. The lowest BCUT2D eigenvalue weighted by molar-refractivity contribution is 0.0977. The lowest BCUT2D eigenvalue weighted by Crippen LogP contribution is -2.43. The Morgan fingerprint density at radius 2 is 1.26 bits per heavy atom. The largest absolute Gasteiger partial charge is 0.300 e. The Kier molecular flexibility index (Phi) is 5.91. The SMILES string of the molecule is CC1CCN(C2CCCC2)CC1C.c1ccccc1. The first-order valence-electron chi connectivity index (χ1n) is 8.01. The van der Waals surface area contributed by atoms with Gasteiger partial charge >= 0.3 is 0 Å². The van der Waals surface area contributed by atoms with E-state index in [2.05, 4.69) is 18.7 Å². The van der Waals surface area contributed by atoms with Crippen LogP contribution in [0.5, 0.6) is 0 Å². The second-order valence-electron chi connectivity index (χ2n) is 6.33. The van der Waals surface area contributed by atoms with Gasteiger partial charge in [-0.25, -0.2) is 0 Å². The third-order valence-electron chi connectivity index (χ3n) is 4.87. The monoisotopic (exact) mass is 259 g/mol. The van der Waals surface area contributed by atoms with Gasteiger partial charge < -0.3 is 4.90 Å². The van der Waals surface area contributed by atoms with Crippen LogP contribution in [0.25, 0.3) is 0 Å². The Labute approximate surface area is 119 Å². The summed E-state index contributed by atoms with van der Waals surface area (Å²) in [4.78, 5) is 2.76. The first-order chi connectivity index (χ1) is 9.27. The van der Waals surface area contributed by atoms with Crippen molar-refractivity contribution in [2.24, 2.45) is 11.8 Å². The van der Waals surface area contributed by atoms with Crippen LogP contribution in [0.2, 0.25) is 0 Å². The summed E-state index contributed by atoms with van der Waals surface area (Å²) in [6.07, 6.45) is 7.33. The second-order valence-corrected chi connectivity index (χ2v) is 6.33. The maximum atomic E-state index is 2.76. The van der Waals surface area contributed by atoms with Crippen molar-refractivity contribution in [3.05, 3.63) is 36.4 Å². The van der Waals surface area contributed by atoms with Crippen LogP contribution in [0.15, 0.2) is 36.4 Å². The average Bonchev–Trinajstić information content (AvgIpc) is 2.99. The molecule has 2 aliphatic rings. The van der Waals surface area contributed by atoms with E-state index < -0.39 is 0 Å². The van der Waals surface area contributed by atoms with Gasteiger partial charge in [0.2, 0.25) is 0 Å². The smallest absolute Gasteiger partial charge is 0.00953 e. The first-order valence-corrected chi connectivity index (χ1v) is 8.01. The van der Waals surface area contributed by atoms with Gasteiger partial charge in [0.05, 0.1) is 0 Å². The number of rotatable bonds is 1. The van der Waals surface area contributed by atoms with Crippen molar-refractivity contribution in [1.82, 2.24) is 4.90 Å². The van der Waals surface area contributed by atoms with Gasteiger partial charge in [-0.1, -0.05) is 63.1 Å². The maximum Gasteiger partial charge on any atom is 0.00953 e. The number of likely N-dealkylation sites (tertiary alicyclic amines) is 1. The molecule has 1 heterocycles. The van der Waals surface area contributed by atoms with Crippen molar-refractivity contribution < 1.29 is 0 Å². The maximum absolute atomic E-state index is 2.76. The van der Waals surface area contributed by atoms with Crippen molar-refractivity contribution in [2.75, 3.05) is 13.1 Å². The minimum absolute atomic E-state index is 0.925. The third kappa shape index (κ3) is 4.65. The zero-order valence-electron chi connectivity index (χ0n) is 12.6. The standard InChI is InChI=1S/C12H23N.C6H6/c1-10-7-8-13(9-11(10)2)12-5-3-4-6-12;1-2-4-6-5-3-1/h10-12H,3-9H2,1-2H3;1-6H. The fraction of sp³-hybridized carbons (Fsp3) is 0.667. The summed E-state index contributed by atoms with van der Waals surface area (Å²) in [5.74, 6) is 1.88. The van der Waals surface area contributed by atoms with Crippen LogP contribution in [-0.4, -0.2) is 24.0 Å². The normalized spacial score (nSPS) is 28.7. The number of nitrogens with zero attached hydrogens (tertiary/aromatic N) is 1. The summed E-state index contributed by atoms with van der Waals surface area (Å²) in [7, 11) is 0. The molecule has 1 saturated carbocycles. The van der Waals surface area contributed by atoms with Crippen LogP contribution in [0, 0.1) is 11.8 Å². The van der Waals surface area contributed by atoms with Gasteiger partial charge in [-0.3, -0.25) is 0 Å². The number of hydrogen-bond acceptors (Lipinski definition) is 1. The molecule has 2 atom stereocenters. The highest BCUT2D eigenvalue weighted by molar-refractivity contribution is 4.99. The van der Waals surface area contributed by atoms with Gasteiger partial charge in [-0.15, -0.1) is 0 Å². The van der Waals surface area contributed by atoms with E-state index in [0.29, 0.717) is 0 Å². The molecule has 0 spiro atoms. The molecular formula is C18H29N. The van der Waals surface area contributed by atoms with E-state index in [1.165, 1.54) is 45.2 Å². The molecule has 0 radical (unpaired) electrons. The molecule has 1 aliphatic carbocycles. The molecule has 1 saturated heterocycles. The van der Waals surface area contributed by atoms with Gasteiger partial charge in [-0.05, 0) is 37.6 Å². The fourth-order valence-corrected chi connectivity index (χ4v) is 3.28. The molecule has 1 aromatic rings. The summed E-state index contributed by atoms with van der Waals surface area (Å²) in [5, 5.41) is 0. The summed E-state index contributed by atoms with van der Waals surface area (Å²) in [6, 6.07) is 13.0. The van der Waals surface area contributed by atoms with E-state index in [1.807, 2.05) is 36.4 Å². The Bertz CT molecular complexity index is 302. The molecular weight excluding hydrogens is 230 g/mol. The Morgan fingerprint density at radius 1 is 0.737 bits per heavy atom. The lowest BCUT2D eigenvalue weighted by Gasteiger charge is -2.38. The van der Waals surface area contributed by atoms with Crippen LogP contribution >= 0.6 is 0 Å². The van der Waals surface area contributed by atoms with Gasteiger partial charge in [0.1, 0.15) is 0 Å². The highest BCUT2D eigenvalue weighted by Gasteiger charge is 2.28. The van der Waals surface area contributed by atoms with Gasteiger partial charge in [0.25, 0.3) is 0 Å². The Balaban J connectivity index is 0.000000186. The van der Waals surface area contributed by atoms with Crippen molar-refractivity contribution >= 4 is 0 Å². The zero-order chi connectivity index (χ0) is 13.5. The van der Waals surface area contributed by atoms with Crippen molar-refractivity contribution in [3.8, 4) is 0 Å². The van der Waals surface area contributed by atoms with Crippen LogP contribution in [0.4, 0.5) is 0 Å². The molecule has 3 rings (SSSR count). The summed E-state index contributed by atoms with van der Waals surface area (Å²) >= 11 is 0. The van der Waals surface area contributed by atoms with Crippen molar-refractivity contribution in [1.29, 1.82) is 0 Å². The van der Waals surface area contributed by atoms with Gasteiger partial charge in [-0.2, -0.15) is 0 Å². The molecule has 1 aromatic carbocycles. The van der Waals surface area contributed by atoms with E-state index in [-0.39, 0.29) is 0 Å². The Hall–Kier alpha value is -0.820. The topological polar surface area (TPSA) is 3.24 Å². The van der Waals surface area contributed by atoms with E-state index in [4.69, 9.17) is 0 Å². The second kappa shape index (κ2) is 7.69. The molecule has 0 bridgehead atoms. The molecule has 1 nitrogen and oxygen atoms in total. The third-order valence-corrected chi connectivity index (χ3v) is 4.87. The van der Waals surface area contributed by atoms with Gasteiger partial charge in [0, 0.05) is 12.6 Å². The van der Waals surface area contributed by atoms with Crippen LogP contribution in [-0.2, 0) is 0 Å². The minimum atomic E-state index is 0.925. The van der Waals surface area contributed by atoms with Crippen LogP contribution in [0.3, 0.4) is 0 Å². The molecule has 1 heteroatoms. The molecule has 0 aromatic heterocycles. The number of hydrogen-bond donors (Lipinski definition) is 0. The number of piperidine rings is 1. The summed E-state index contributed by atoms with van der Waals surface area (Å²) in [5.41, 5.74) is 0. The van der Waals surface area contributed by atoms with E-state index >= 15 is 0 Å². The summed E-state index contributed by atoms with van der Waals surface area (Å²) < 4.78 is 0. The predicted octanol–water partition coefficient (Wildman–Crippen LogP) is 4.59. The van der Waals surface area contributed by atoms with Gasteiger partial charge in [0.15, 0.2) is 0 Å².